The zero-order valence-corrected chi connectivity index (χ0v) is 20.3. The minimum absolute atomic E-state index is 0.00197. The molecule has 2 aromatic rings. The summed E-state index contributed by atoms with van der Waals surface area (Å²) in [6, 6.07) is 8.16. The second kappa shape index (κ2) is 12.5. The van der Waals surface area contributed by atoms with E-state index in [9.17, 15) is 32.3 Å². The second-order valence-corrected chi connectivity index (χ2v) is 9.09. The first kappa shape index (κ1) is 27.8. The second-order valence-electron chi connectivity index (χ2n) is 9.09. The molecule has 0 bridgehead atoms. The zero-order chi connectivity index (χ0) is 27.0. The van der Waals surface area contributed by atoms with Crippen LogP contribution in [0.5, 0.6) is 0 Å². The fraction of sp³-hybridized carbons (Fsp3) is 0.423. The molecule has 3 rings (SSSR count). The maximum atomic E-state index is 14.3. The zero-order valence-electron chi connectivity index (χ0n) is 20.3. The predicted molar refractivity (Wildman–Crippen MR) is 128 cm³/mol. The normalized spacial score (nSPS) is 16.8. The molecular weight excluding hydrogens is 489 g/mol. The van der Waals surface area contributed by atoms with Crippen LogP contribution in [-0.2, 0) is 32.1 Å². The number of halogens is 3. The number of carbonyl (C=O) groups is 4. The maximum absolute atomic E-state index is 14.3. The number of nitrogens with zero attached hydrogens (tertiary/aromatic N) is 1. The van der Waals surface area contributed by atoms with Crippen molar-refractivity contribution in [2.24, 2.45) is 5.92 Å². The first-order valence-corrected chi connectivity index (χ1v) is 12.0. The van der Waals surface area contributed by atoms with Gasteiger partial charge in [0.05, 0.1) is 12.2 Å². The number of hydrogen-bond acceptors (Lipinski definition) is 5. The van der Waals surface area contributed by atoms with Gasteiger partial charge in [-0.25, -0.2) is 13.2 Å². The molecule has 1 aliphatic carbocycles. The van der Waals surface area contributed by atoms with Crippen molar-refractivity contribution in [1.82, 2.24) is 20.9 Å². The molecule has 0 saturated heterocycles. The number of rotatable bonds is 10. The standard InChI is InChI=1S/C26H29F3N4O4/c1-16(32-24(36)17-9-11-26(28,29)12-10-17)23(35)33-21(14-18-6-2-3-8-20(18)27)22(34)25(37)31-15-19-7-4-5-13-30-19/h2-8,13,16-17,21H,9-12,14-15H2,1H3,(H,31,37)(H,32,36)(H,33,35)/t16-,21-/m1/s1. The summed E-state index contributed by atoms with van der Waals surface area (Å²) in [5, 5.41) is 7.35. The summed E-state index contributed by atoms with van der Waals surface area (Å²) in [6.45, 7) is 1.34. The van der Waals surface area contributed by atoms with Crippen LogP contribution in [0.25, 0.3) is 0 Å². The van der Waals surface area contributed by atoms with E-state index < -0.39 is 66.1 Å². The SMILES string of the molecule is C[C@@H](NC(=O)C1CCC(F)(F)CC1)C(=O)N[C@H](Cc1ccccc1F)C(=O)C(=O)NCc1ccccn1. The molecule has 37 heavy (non-hydrogen) atoms. The van der Waals surface area contributed by atoms with Gasteiger partial charge in [0.15, 0.2) is 0 Å². The highest BCUT2D eigenvalue weighted by atomic mass is 19.3. The smallest absolute Gasteiger partial charge is 0.289 e. The molecule has 0 spiro atoms. The number of Topliss-reactive ketones (excluding diaryl/α,β-unsaturated/α-hetero) is 1. The van der Waals surface area contributed by atoms with E-state index in [0.29, 0.717) is 5.69 Å². The Labute approximate surface area is 212 Å². The van der Waals surface area contributed by atoms with Crippen molar-refractivity contribution in [3.8, 4) is 0 Å². The Bertz CT molecular complexity index is 1120. The third-order valence-corrected chi connectivity index (χ3v) is 6.23. The number of amides is 3. The lowest BCUT2D eigenvalue weighted by Crippen LogP contribution is -2.54. The average Bonchev–Trinajstić information content (AvgIpc) is 2.88. The Balaban J connectivity index is 1.65. The summed E-state index contributed by atoms with van der Waals surface area (Å²) in [7, 11) is 0. The van der Waals surface area contributed by atoms with Gasteiger partial charge in [0.1, 0.15) is 17.9 Å². The topological polar surface area (TPSA) is 117 Å². The highest BCUT2D eigenvalue weighted by Crippen LogP contribution is 2.36. The molecule has 11 heteroatoms. The number of carbonyl (C=O) groups excluding carboxylic acids is 4. The van der Waals surface area contributed by atoms with E-state index in [1.54, 1.807) is 24.3 Å². The van der Waals surface area contributed by atoms with Gasteiger partial charge in [-0.3, -0.25) is 24.2 Å². The molecular formula is C26H29F3N4O4. The number of nitrogens with one attached hydrogen (secondary N) is 3. The van der Waals surface area contributed by atoms with E-state index in [1.165, 1.54) is 31.3 Å². The van der Waals surface area contributed by atoms with Crippen molar-refractivity contribution in [3.05, 3.63) is 65.7 Å². The molecule has 198 valence electrons. The van der Waals surface area contributed by atoms with Gasteiger partial charge in [0.2, 0.25) is 23.5 Å². The number of hydrogen-bond donors (Lipinski definition) is 3. The number of pyridine rings is 1. The Morgan fingerprint density at radius 1 is 1.03 bits per heavy atom. The van der Waals surface area contributed by atoms with Crippen LogP contribution in [0, 0.1) is 11.7 Å². The molecule has 1 aromatic heterocycles. The van der Waals surface area contributed by atoms with Crippen LogP contribution in [0.15, 0.2) is 48.7 Å². The summed E-state index contributed by atoms with van der Waals surface area (Å²) in [4.78, 5) is 54.9. The van der Waals surface area contributed by atoms with E-state index in [-0.39, 0.29) is 31.4 Å². The fourth-order valence-electron chi connectivity index (χ4n) is 4.01. The number of benzene rings is 1. The first-order valence-electron chi connectivity index (χ1n) is 12.0. The Morgan fingerprint density at radius 2 is 1.70 bits per heavy atom. The first-order chi connectivity index (χ1) is 17.6. The minimum atomic E-state index is -2.79. The van der Waals surface area contributed by atoms with Gasteiger partial charge in [0.25, 0.3) is 5.91 Å². The lowest BCUT2D eigenvalue weighted by Gasteiger charge is -2.28. The lowest BCUT2D eigenvalue weighted by atomic mass is 9.86. The Hall–Kier alpha value is -3.76. The summed E-state index contributed by atoms with van der Waals surface area (Å²) in [5.41, 5.74) is 0.619. The van der Waals surface area contributed by atoms with Crippen LogP contribution in [-0.4, -0.2) is 46.5 Å². The van der Waals surface area contributed by atoms with Crippen molar-refractivity contribution < 1.29 is 32.3 Å². The summed E-state index contributed by atoms with van der Waals surface area (Å²) in [5.74, 6) is -7.36. The molecule has 0 unspecified atom stereocenters. The quantitative estimate of drug-likeness (QED) is 0.418. The molecule has 1 aromatic carbocycles. The molecule has 1 heterocycles. The maximum Gasteiger partial charge on any atom is 0.289 e. The lowest BCUT2D eigenvalue weighted by molar-refractivity contribution is -0.140. The van der Waals surface area contributed by atoms with Crippen molar-refractivity contribution in [2.45, 2.75) is 63.6 Å². The predicted octanol–water partition coefficient (Wildman–Crippen LogP) is 2.46. The third-order valence-electron chi connectivity index (χ3n) is 6.23. The van der Waals surface area contributed by atoms with Crippen molar-refractivity contribution in [3.63, 3.8) is 0 Å². The van der Waals surface area contributed by atoms with Crippen LogP contribution in [0.1, 0.15) is 43.9 Å². The molecule has 2 atom stereocenters. The molecule has 3 N–H and O–H groups in total. The van der Waals surface area contributed by atoms with E-state index in [2.05, 4.69) is 20.9 Å². The molecule has 1 fully saturated rings. The number of ketones is 1. The Morgan fingerprint density at radius 3 is 2.35 bits per heavy atom. The third kappa shape index (κ3) is 8.12. The van der Waals surface area contributed by atoms with Gasteiger partial charge < -0.3 is 16.0 Å². The summed E-state index contributed by atoms with van der Waals surface area (Å²) < 4.78 is 41.0. The average molecular weight is 519 g/mol. The molecule has 1 saturated carbocycles. The van der Waals surface area contributed by atoms with Crippen LogP contribution >= 0.6 is 0 Å². The molecule has 0 radical (unpaired) electrons. The van der Waals surface area contributed by atoms with Crippen LogP contribution in [0.2, 0.25) is 0 Å². The highest BCUT2D eigenvalue weighted by Gasteiger charge is 2.38. The van der Waals surface area contributed by atoms with Crippen molar-refractivity contribution in [2.75, 3.05) is 0 Å². The van der Waals surface area contributed by atoms with Crippen LogP contribution < -0.4 is 16.0 Å². The highest BCUT2D eigenvalue weighted by molar-refractivity contribution is 6.38. The van der Waals surface area contributed by atoms with Crippen molar-refractivity contribution >= 4 is 23.5 Å². The monoisotopic (exact) mass is 518 g/mol. The van der Waals surface area contributed by atoms with Gasteiger partial charge in [-0.2, -0.15) is 0 Å². The summed E-state index contributed by atoms with van der Waals surface area (Å²) in [6.07, 6.45) is 0.415. The van der Waals surface area contributed by atoms with E-state index in [4.69, 9.17) is 0 Å². The van der Waals surface area contributed by atoms with Gasteiger partial charge in [-0.05, 0) is 43.5 Å². The van der Waals surface area contributed by atoms with Gasteiger partial charge >= 0.3 is 0 Å². The van der Waals surface area contributed by atoms with Gasteiger partial charge in [-0.15, -0.1) is 0 Å². The van der Waals surface area contributed by atoms with Crippen LogP contribution in [0.3, 0.4) is 0 Å². The van der Waals surface area contributed by atoms with E-state index in [1.807, 2.05) is 0 Å². The molecule has 3 amide bonds. The van der Waals surface area contributed by atoms with E-state index in [0.717, 1.165) is 0 Å². The van der Waals surface area contributed by atoms with Gasteiger partial charge in [0, 0.05) is 31.4 Å². The van der Waals surface area contributed by atoms with E-state index >= 15 is 0 Å². The molecule has 1 aliphatic rings. The fourth-order valence-corrected chi connectivity index (χ4v) is 4.01. The van der Waals surface area contributed by atoms with Crippen molar-refractivity contribution in [1.29, 1.82) is 0 Å². The molecule has 8 nitrogen and oxygen atoms in total. The summed E-state index contributed by atoms with van der Waals surface area (Å²) >= 11 is 0. The van der Waals surface area contributed by atoms with Gasteiger partial charge in [-0.1, -0.05) is 24.3 Å². The largest absolute Gasteiger partial charge is 0.344 e. The number of alkyl halides is 2. The minimum Gasteiger partial charge on any atom is -0.344 e. The van der Waals surface area contributed by atoms with Crippen LogP contribution in [0.4, 0.5) is 13.2 Å². The number of aromatic nitrogens is 1. The Kier molecular flexibility index (Phi) is 9.37. The molecule has 0 aliphatic heterocycles.